The number of fused-ring (bicyclic) bond motifs is 1. The van der Waals surface area contributed by atoms with E-state index in [1.165, 1.54) is 36.0 Å². The van der Waals surface area contributed by atoms with Gasteiger partial charge in [0.25, 0.3) is 5.56 Å². The second kappa shape index (κ2) is 9.89. The lowest BCUT2D eigenvalue weighted by Crippen LogP contribution is -2.29. The first-order chi connectivity index (χ1) is 16.5. The Morgan fingerprint density at radius 2 is 1.71 bits per heavy atom. The number of aromatic amines is 1. The van der Waals surface area contributed by atoms with Crippen molar-refractivity contribution in [2.45, 2.75) is 71.6 Å². The first kappa shape index (κ1) is 22.5. The minimum atomic E-state index is -0.0443. The lowest BCUT2D eigenvalue weighted by Gasteiger charge is -2.25. The van der Waals surface area contributed by atoms with E-state index in [0.29, 0.717) is 25.7 Å². The van der Waals surface area contributed by atoms with Gasteiger partial charge < -0.3 is 4.98 Å². The molecule has 2 aromatic heterocycles. The van der Waals surface area contributed by atoms with E-state index >= 15 is 0 Å². The molecule has 1 fully saturated rings. The van der Waals surface area contributed by atoms with Crippen molar-refractivity contribution in [3.8, 4) is 0 Å². The summed E-state index contributed by atoms with van der Waals surface area (Å²) in [6.45, 7) is 5.98. The molecule has 1 N–H and O–H groups in total. The summed E-state index contributed by atoms with van der Waals surface area (Å²) in [6, 6.07) is 17.1. The molecular formula is C27H32N6O. The zero-order valence-corrected chi connectivity index (χ0v) is 20.0. The number of H-pyrrole nitrogens is 1. The van der Waals surface area contributed by atoms with Gasteiger partial charge in [0.2, 0.25) is 0 Å². The molecule has 0 saturated heterocycles. The number of pyridine rings is 1. The van der Waals surface area contributed by atoms with E-state index in [1.807, 2.05) is 22.9 Å². The molecule has 7 nitrogen and oxygen atoms in total. The lowest BCUT2D eigenvalue weighted by atomic mass is 9.95. The Kier molecular flexibility index (Phi) is 6.54. The van der Waals surface area contributed by atoms with Crippen LogP contribution in [0.2, 0.25) is 0 Å². The first-order valence-electron chi connectivity index (χ1n) is 12.2. The summed E-state index contributed by atoms with van der Waals surface area (Å²) >= 11 is 0. The van der Waals surface area contributed by atoms with Gasteiger partial charge in [-0.15, -0.1) is 5.10 Å². The SMILES string of the molecule is Cc1ccc(CN(Cc2cc3cc(C)ccc3[nH]c2=O)Cc2nnnn2C2CCCCC2)cc1. The molecule has 0 unspecified atom stereocenters. The van der Waals surface area contributed by atoms with Gasteiger partial charge >= 0.3 is 0 Å². The third kappa shape index (κ3) is 5.09. The zero-order chi connectivity index (χ0) is 23.5. The predicted molar refractivity (Wildman–Crippen MR) is 133 cm³/mol. The molecule has 2 heterocycles. The van der Waals surface area contributed by atoms with Gasteiger partial charge in [-0.3, -0.25) is 9.69 Å². The van der Waals surface area contributed by atoms with Gasteiger partial charge in [-0.05, 0) is 66.3 Å². The van der Waals surface area contributed by atoms with Crippen molar-refractivity contribution in [3.05, 3.63) is 87.0 Å². The van der Waals surface area contributed by atoms with Gasteiger partial charge in [-0.1, -0.05) is 60.7 Å². The highest BCUT2D eigenvalue weighted by Crippen LogP contribution is 2.28. The van der Waals surface area contributed by atoms with Gasteiger partial charge in [0.15, 0.2) is 5.82 Å². The third-order valence-corrected chi connectivity index (χ3v) is 6.84. The number of aromatic nitrogens is 5. The summed E-state index contributed by atoms with van der Waals surface area (Å²) in [6.07, 6.45) is 5.99. The van der Waals surface area contributed by atoms with E-state index < -0.39 is 0 Å². The zero-order valence-electron chi connectivity index (χ0n) is 20.0. The molecule has 7 heteroatoms. The van der Waals surface area contributed by atoms with Crippen LogP contribution in [0.3, 0.4) is 0 Å². The topological polar surface area (TPSA) is 79.7 Å². The average Bonchev–Trinajstić information content (AvgIpc) is 3.30. The van der Waals surface area contributed by atoms with Crippen molar-refractivity contribution >= 4 is 10.9 Å². The summed E-state index contributed by atoms with van der Waals surface area (Å²) in [5.41, 5.74) is 5.19. The lowest BCUT2D eigenvalue weighted by molar-refractivity contribution is 0.225. The van der Waals surface area contributed by atoms with Gasteiger partial charge in [-0.2, -0.15) is 0 Å². The Balaban J connectivity index is 1.45. The highest BCUT2D eigenvalue weighted by Gasteiger charge is 2.22. The van der Waals surface area contributed by atoms with Crippen LogP contribution in [0.5, 0.6) is 0 Å². The molecular weight excluding hydrogens is 424 g/mol. The molecule has 0 radical (unpaired) electrons. The second-order valence-corrected chi connectivity index (χ2v) is 9.68. The number of benzene rings is 2. The molecule has 2 aromatic carbocycles. The minimum absolute atomic E-state index is 0.0443. The normalized spacial score (nSPS) is 14.8. The molecule has 0 amide bonds. The maximum Gasteiger partial charge on any atom is 0.252 e. The highest BCUT2D eigenvalue weighted by molar-refractivity contribution is 5.79. The van der Waals surface area contributed by atoms with Crippen molar-refractivity contribution in [3.63, 3.8) is 0 Å². The molecule has 176 valence electrons. The van der Waals surface area contributed by atoms with E-state index in [4.69, 9.17) is 0 Å². The Bertz CT molecular complexity index is 1320. The number of nitrogens with zero attached hydrogens (tertiary/aromatic N) is 5. The van der Waals surface area contributed by atoms with Crippen LogP contribution < -0.4 is 5.56 Å². The smallest absolute Gasteiger partial charge is 0.252 e. The van der Waals surface area contributed by atoms with E-state index in [9.17, 15) is 4.79 Å². The molecule has 0 atom stereocenters. The van der Waals surface area contributed by atoms with Gasteiger partial charge in [-0.25, -0.2) is 4.68 Å². The standard InChI is InChI=1S/C27H32N6O/c1-19-8-11-21(12-9-19)16-32(18-26-29-30-31-33(26)24-6-4-3-5-7-24)17-23-15-22-14-20(2)10-13-25(22)28-27(23)34/h8-15,24H,3-7,16-18H2,1-2H3,(H,28,34). The quantitative estimate of drug-likeness (QED) is 0.430. The van der Waals surface area contributed by atoms with Crippen LogP contribution in [0.4, 0.5) is 0 Å². The van der Waals surface area contributed by atoms with Crippen LogP contribution in [0.15, 0.2) is 53.3 Å². The summed E-state index contributed by atoms with van der Waals surface area (Å²) in [7, 11) is 0. The second-order valence-electron chi connectivity index (χ2n) is 9.68. The largest absolute Gasteiger partial charge is 0.322 e. The molecule has 0 aliphatic heterocycles. The Hall–Kier alpha value is -3.32. The Morgan fingerprint density at radius 1 is 0.941 bits per heavy atom. The number of rotatable bonds is 7. The number of tetrazole rings is 1. The van der Waals surface area contributed by atoms with Crippen molar-refractivity contribution in [2.75, 3.05) is 0 Å². The first-order valence-corrected chi connectivity index (χ1v) is 12.2. The molecule has 1 saturated carbocycles. The fourth-order valence-electron chi connectivity index (χ4n) is 4.97. The van der Waals surface area contributed by atoms with Gasteiger partial charge in [0.1, 0.15) is 0 Å². The average molecular weight is 457 g/mol. The molecule has 0 spiro atoms. The Morgan fingerprint density at radius 3 is 2.50 bits per heavy atom. The monoisotopic (exact) mass is 456 g/mol. The van der Waals surface area contributed by atoms with E-state index in [1.54, 1.807) is 0 Å². The number of hydrogen-bond acceptors (Lipinski definition) is 5. The summed E-state index contributed by atoms with van der Waals surface area (Å²) < 4.78 is 2.02. The van der Waals surface area contributed by atoms with E-state index in [2.05, 4.69) is 69.6 Å². The van der Waals surface area contributed by atoms with Crippen molar-refractivity contribution in [1.29, 1.82) is 0 Å². The van der Waals surface area contributed by atoms with E-state index in [0.717, 1.165) is 35.1 Å². The maximum absolute atomic E-state index is 12.9. The van der Waals surface area contributed by atoms with Crippen LogP contribution in [0.1, 0.15) is 66.2 Å². The van der Waals surface area contributed by atoms with Crippen LogP contribution in [-0.4, -0.2) is 30.1 Å². The molecule has 4 aromatic rings. The fraction of sp³-hybridized carbons (Fsp3) is 0.407. The molecule has 34 heavy (non-hydrogen) atoms. The number of aryl methyl sites for hydroxylation is 2. The number of nitrogens with one attached hydrogen (secondary N) is 1. The molecule has 5 rings (SSSR count). The van der Waals surface area contributed by atoms with Crippen molar-refractivity contribution in [2.24, 2.45) is 0 Å². The van der Waals surface area contributed by atoms with Crippen LogP contribution in [-0.2, 0) is 19.6 Å². The van der Waals surface area contributed by atoms with Crippen LogP contribution in [0, 0.1) is 13.8 Å². The van der Waals surface area contributed by atoms with Crippen molar-refractivity contribution < 1.29 is 0 Å². The Labute approximate surface area is 199 Å². The third-order valence-electron chi connectivity index (χ3n) is 6.84. The molecule has 1 aliphatic carbocycles. The maximum atomic E-state index is 12.9. The predicted octanol–water partition coefficient (Wildman–Crippen LogP) is 4.84. The highest BCUT2D eigenvalue weighted by atomic mass is 16.1. The van der Waals surface area contributed by atoms with Crippen LogP contribution in [0.25, 0.3) is 10.9 Å². The summed E-state index contributed by atoms with van der Waals surface area (Å²) in [5, 5.41) is 13.8. The van der Waals surface area contributed by atoms with Crippen molar-refractivity contribution in [1.82, 2.24) is 30.1 Å². The van der Waals surface area contributed by atoms with E-state index in [-0.39, 0.29) is 5.56 Å². The van der Waals surface area contributed by atoms with Gasteiger partial charge in [0.05, 0.1) is 12.6 Å². The summed E-state index contributed by atoms with van der Waals surface area (Å²) in [4.78, 5) is 18.3. The fourth-order valence-corrected chi connectivity index (χ4v) is 4.97. The minimum Gasteiger partial charge on any atom is -0.322 e. The number of hydrogen-bond donors (Lipinski definition) is 1. The summed E-state index contributed by atoms with van der Waals surface area (Å²) in [5.74, 6) is 0.868. The molecule has 1 aliphatic rings. The van der Waals surface area contributed by atoms with Gasteiger partial charge in [0, 0.05) is 24.2 Å². The molecule has 0 bridgehead atoms. The van der Waals surface area contributed by atoms with Crippen LogP contribution >= 0.6 is 0 Å².